The summed E-state index contributed by atoms with van der Waals surface area (Å²) in [4.78, 5) is 14.2. The Labute approximate surface area is 132 Å². The van der Waals surface area contributed by atoms with E-state index in [0.717, 1.165) is 26.1 Å². The van der Waals surface area contributed by atoms with Crippen LogP contribution in [-0.2, 0) is 11.3 Å². The lowest BCUT2D eigenvalue weighted by Crippen LogP contribution is -2.55. The quantitative estimate of drug-likeness (QED) is 0.897. The highest BCUT2D eigenvalue weighted by Crippen LogP contribution is 2.14. The summed E-state index contributed by atoms with van der Waals surface area (Å²) in [7, 11) is 0. The molecule has 0 aliphatic carbocycles. The number of alkyl carbamates (subject to hydrolysis) is 1. The van der Waals surface area contributed by atoms with E-state index < -0.39 is 5.60 Å². The maximum absolute atomic E-state index is 11.9. The van der Waals surface area contributed by atoms with Crippen LogP contribution in [0.15, 0.2) is 30.3 Å². The lowest BCUT2D eigenvalue weighted by molar-refractivity contribution is 0.0464. The predicted octanol–water partition coefficient (Wildman–Crippen LogP) is 2.11. The van der Waals surface area contributed by atoms with Gasteiger partial charge in [-0.15, -0.1) is 0 Å². The normalized spacial score (nSPS) is 23.1. The van der Waals surface area contributed by atoms with Crippen molar-refractivity contribution in [1.82, 2.24) is 10.2 Å². The van der Waals surface area contributed by atoms with E-state index in [-0.39, 0.29) is 18.2 Å². The first-order valence-electron chi connectivity index (χ1n) is 7.83. The molecule has 1 aromatic carbocycles. The van der Waals surface area contributed by atoms with Gasteiger partial charge in [0.15, 0.2) is 0 Å². The minimum atomic E-state index is -0.482. The van der Waals surface area contributed by atoms with Gasteiger partial charge >= 0.3 is 6.09 Å². The van der Waals surface area contributed by atoms with Gasteiger partial charge in [-0.25, -0.2) is 4.79 Å². The average molecular weight is 305 g/mol. The summed E-state index contributed by atoms with van der Waals surface area (Å²) in [6.07, 6.45) is 0.413. The molecule has 1 aromatic rings. The third-order valence-corrected chi connectivity index (χ3v) is 3.53. The van der Waals surface area contributed by atoms with Gasteiger partial charge in [-0.05, 0) is 32.8 Å². The molecule has 1 fully saturated rings. The Hall–Kier alpha value is -1.59. The number of piperidine rings is 1. The average Bonchev–Trinajstić information content (AvgIpc) is 2.36. The summed E-state index contributed by atoms with van der Waals surface area (Å²) < 4.78 is 5.32. The highest BCUT2D eigenvalue weighted by atomic mass is 16.6. The van der Waals surface area contributed by atoms with Crippen molar-refractivity contribution in [2.75, 3.05) is 13.1 Å². The standard InChI is InChI=1S/C17H27N3O2/c1-17(2,3)22-16(21)19-15-9-14(18)11-20(12-15)10-13-7-5-4-6-8-13/h4-8,14-15H,9-12,18H2,1-3H3,(H,19,21)/t14-,15+/m1/s1. The van der Waals surface area contributed by atoms with Gasteiger partial charge in [0.1, 0.15) is 5.60 Å². The summed E-state index contributed by atoms with van der Waals surface area (Å²) in [6, 6.07) is 10.4. The number of hydrogen-bond donors (Lipinski definition) is 2. The SMILES string of the molecule is CC(C)(C)OC(=O)N[C@H]1C[C@@H](N)CN(Cc2ccccc2)C1. The number of carbonyl (C=O) groups is 1. The van der Waals surface area contributed by atoms with Crippen LogP contribution in [-0.4, -0.2) is 41.8 Å². The molecule has 1 aliphatic rings. The van der Waals surface area contributed by atoms with Crippen molar-refractivity contribution in [3.8, 4) is 0 Å². The maximum Gasteiger partial charge on any atom is 0.407 e. The van der Waals surface area contributed by atoms with Crippen molar-refractivity contribution in [3.05, 3.63) is 35.9 Å². The van der Waals surface area contributed by atoms with E-state index in [0.29, 0.717) is 0 Å². The van der Waals surface area contributed by atoms with Crippen molar-refractivity contribution in [2.45, 2.75) is 51.4 Å². The minimum absolute atomic E-state index is 0.0299. The lowest BCUT2D eigenvalue weighted by Gasteiger charge is -2.36. The van der Waals surface area contributed by atoms with Crippen LogP contribution in [0.5, 0.6) is 0 Å². The van der Waals surface area contributed by atoms with Gasteiger partial charge in [-0.1, -0.05) is 30.3 Å². The fourth-order valence-corrected chi connectivity index (χ4v) is 2.78. The largest absolute Gasteiger partial charge is 0.444 e. The van der Waals surface area contributed by atoms with Crippen LogP contribution in [0.4, 0.5) is 4.79 Å². The molecular weight excluding hydrogens is 278 g/mol. The van der Waals surface area contributed by atoms with Gasteiger partial charge < -0.3 is 15.8 Å². The second-order valence-electron chi connectivity index (χ2n) is 7.02. The third-order valence-electron chi connectivity index (χ3n) is 3.53. The molecule has 5 heteroatoms. The van der Waals surface area contributed by atoms with E-state index in [1.54, 1.807) is 0 Å². The number of likely N-dealkylation sites (tertiary alicyclic amines) is 1. The minimum Gasteiger partial charge on any atom is -0.444 e. The molecule has 0 radical (unpaired) electrons. The third kappa shape index (κ3) is 5.66. The van der Waals surface area contributed by atoms with Crippen LogP contribution < -0.4 is 11.1 Å². The molecule has 0 spiro atoms. The summed E-state index contributed by atoms with van der Waals surface area (Å²) >= 11 is 0. The molecular formula is C17H27N3O2. The second-order valence-corrected chi connectivity index (χ2v) is 7.02. The fraction of sp³-hybridized carbons (Fsp3) is 0.588. The highest BCUT2D eigenvalue weighted by Gasteiger charge is 2.27. The van der Waals surface area contributed by atoms with Crippen LogP contribution in [0.1, 0.15) is 32.8 Å². The molecule has 22 heavy (non-hydrogen) atoms. The summed E-state index contributed by atoms with van der Waals surface area (Å²) in [5, 5.41) is 2.94. The number of nitrogens with zero attached hydrogens (tertiary/aromatic N) is 1. The predicted molar refractivity (Wildman–Crippen MR) is 87.5 cm³/mol. The summed E-state index contributed by atoms with van der Waals surface area (Å²) in [5.74, 6) is 0. The van der Waals surface area contributed by atoms with Gasteiger partial charge in [0.25, 0.3) is 0 Å². The van der Waals surface area contributed by atoms with Crippen molar-refractivity contribution in [1.29, 1.82) is 0 Å². The summed E-state index contributed by atoms with van der Waals surface area (Å²) in [6.45, 7) is 8.08. The molecule has 0 aromatic heterocycles. The maximum atomic E-state index is 11.9. The number of nitrogens with one attached hydrogen (secondary N) is 1. The number of amides is 1. The molecule has 1 aliphatic heterocycles. The molecule has 2 atom stereocenters. The van der Waals surface area contributed by atoms with E-state index in [9.17, 15) is 4.79 Å². The molecule has 0 bridgehead atoms. The Bertz CT molecular complexity index is 484. The molecule has 122 valence electrons. The number of ether oxygens (including phenoxy) is 1. The number of nitrogens with two attached hydrogens (primary N) is 1. The van der Waals surface area contributed by atoms with Crippen molar-refractivity contribution >= 4 is 6.09 Å². The van der Waals surface area contributed by atoms with Gasteiger partial charge in [0.05, 0.1) is 0 Å². The zero-order chi connectivity index (χ0) is 16.2. The van der Waals surface area contributed by atoms with Gasteiger partial charge in [0.2, 0.25) is 0 Å². The second kappa shape index (κ2) is 7.11. The number of benzene rings is 1. The topological polar surface area (TPSA) is 67.6 Å². The van der Waals surface area contributed by atoms with Crippen LogP contribution in [0, 0.1) is 0 Å². The molecule has 2 rings (SSSR count). The molecule has 5 nitrogen and oxygen atoms in total. The molecule has 1 heterocycles. The van der Waals surface area contributed by atoms with E-state index in [1.165, 1.54) is 5.56 Å². The van der Waals surface area contributed by atoms with E-state index in [1.807, 2.05) is 39.0 Å². The van der Waals surface area contributed by atoms with Crippen LogP contribution >= 0.6 is 0 Å². The Morgan fingerprint density at radius 3 is 2.64 bits per heavy atom. The van der Waals surface area contributed by atoms with Gasteiger partial charge in [-0.3, -0.25) is 4.90 Å². The van der Waals surface area contributed by atoms with E-state index >= 15 is 0 Å². The number of carbonyl (C=O) groups excluding carboxylic acids is 1. The van der Waals surface area contributed by atoms with Crippen LogP contribution in [0.25, 0.3) is 0 Å². The van der Waals surface area contributed by atoms with Crippen LogP contribution in [0.3, 0.4) is 0 Å². The van der Waals surface area contributed by atoms with Crippen molar-refractivity contribution in [2.24, 2.45) is 5.73 Å². The Morgan fingerprint density at radius 1 is 1.32 bits per heavy atom. The first-order chi connectivity index (χ1) is 10.3. The zero-order valence-corrected chi connectivity index (χ0v) is 13.7. The number of rotatable bonds is 3. The Morgan fingerprint density at radius 2 is 2.00 bits per heavy atom. The monoisotopic (exact) mass is 305 g/mol. The first kappa shape index (κ1) is 16.8. The fourth-order valence-electron chi connectivity index (χ4n) is 2.78. The zero-order valence-electron chi connectivity index (χ0n) is 13.7. The van der Waals surface area contributed by atoms with Gasteiger partial charge in [-0.2, -0.15) is 0 Å². The number of hydrogen-bond acceptors (Lipinski definition) is 4. The summed E-state index contributed by atoms with van der Waals surface area (Å²) in [5.41, 5.74) is 6.91. The highest BCUT2D eigenvalue weighted by molar-refractivity contribution is 5.68. The van der Waals surface area contributed by atoms with E-state index in [4.69, 9.17) is 10.5 Å². The molecule has 0 saturated carbocycles. The molecule has 1 saturated heterocycles. The van der Waals surface area contributed by atoms with Crippen molar-refractivity contribution < 1.29 is 9.53 Å². The Balaban J connectivity index is 1.89. The smallest absolute Gasteiger partial charge is 0.407 e. The van der Waals surface area contributed by atoms with Crippen LogP contribution in [0.2, 0.25) is 0 Å². The molecule has 3 N–H and O–H groups in total. The molecule has 1 amide bonds. The van der Waals surface area contributed by atoms with Gasteiger partial charge in [0, 0.05) is 31.7 Å². The van der Waals surface area contributed by atoms with Crippen molar-refractivity contribution in [3.63, 3.8) is 0 Å². The first-order valence-corrected chi connectivity index (χ1v) is 7.83. The van der Waals surface area contributed by atoms with E-state index in [2.05, 4.69) is 22.3 Å². The molecule has 0 unspecified atom stereocenters. The Kier molecular flexibility index (Phi) is 5.42. The lowest BCUT2D eigenvalue weighted by atomic mass is 10.0.